The van der Waals surface area contributed by atoms with Crippen molar-refractivity contribution in [2.24, 2.45) is 0 Å². The molecular weight excluding hydrogens is 446 g/mol. The van der Waals surface area contributed by atoms with Crippen LogP contribution in [0.4, 0.5) is 11.5 Å². The first-order valence-electron chi connectivity index (χ1n) is 9.84. The van der Waals surface area contributed by atoms with Crippen LogP contribution in [0, 0.1) is 13.8 Å². The van der Waals surface area contributed by atoms with Gasteiger partial charge in [0.05, 0.1) is 10.4 Å². The molecule has 0 bridgehead atoms. The first-order chi connectivity index (χ1) is 15.3. The Labute approximate surface area is 189 Å². The Balaban J connectivity index is 1.73. The van der Waals surface area contributed by atoms with Gasteiger partial charge in [-0.15, -0.1) is 5.10 Å². The molecule has 32 heavy (non-hydrogen) atoms. The lowest BCUT2D eigenvalue weighted by molar-refractivity contribution is 0.592. The third-order valence-electron chi connectivity index (χ3n) is 5.37. The summed E-state index contributed by atoms with van der Waals surface area (Å²) in [7, 11) is -3.93. The van der Waals surface area contributed by atoms with Gasteiger partial charge in [-0.05, 0) is 73.5 Å². The van der Waals surface area contributed by atoms with Crippen LogP contribution in [0.15, 0.2) is 76.7 Å². The smallest absolute Gasteiger partial charge is 0.229 e. The van der Waals surface area contributed by atoms with Crippen molar-refractivity contribution in [1.29, 1.82) is 0 Å². The van der Waals surface area contributed by atoms with Crippen molar-refractivity contribution in [1.82, 2.24) is 19.8 Å². The molecule has 0 saturated heterocycles. The number of nitrogens with zero attached hydrogens (tertiary/aromatic N) is 4. The van der Waals surface area contributed by atoms with Crippen molar-refractivity contribution in [2.45, 2.75) is 23.8 Å². The minimum Gasteiger partial charge on any atom is -0.340 e. The van der Waals surface area contributed by atoms with Gasteiger partial charge in [0, 0.05) is 16.1 Å². The van der Waals surface area contributed by atoms with E-state index in [4.69, 9.17) is 11.6 Å². The number of hydrogen-bond donors (Lipinski definition) is 1. The topological polar surface area (TPSA) is 89.2 Å². The van der Waals surface area contributed by atoms with Gasteiger partial charge in [0.15, 0.2) is 5.65 Å². The molecule has 0 unspecified atom stereocenters. The molecule has 0 amide bonds. The second-order valence-corrected chi connectivity index (χ2v) is 9.79. The van der Waals surface area contributed by atoms with E-state index in [1.54, 1.807) is 30.3 Å². The molecule has 2 heterocycles. The largest absolute Gasteiger partial charge is 0.340 e. The predicted octanol–water partition coefficient (Wildman–Crippen LogP) is 5.12. The average molecular weight is 464 g/mol. The predicted molar refractivity (Wildman–Crippen MR) is 124 cm³/mol. The number of rotatable bonds is 4. The van der Waals surface area contributed by atoms with Crippen LogP contribution < -0.4 is 5.32 Å². The summed E-state index contributed by atoms with van der Waals surface area (Å²) in [4.78, 5) is 4.79. The lowest BCUT2D eigenvalue weighted by atomic mass is 10.1. The van der Waals surface area contributed by atoms with Gasteiger partial charge in [0.25, 0.3) is 0 Å². The number of nitrogens with one attached hydrogen (secondary N) is 1. The molecule has 2 aromatic heterocycles. The number of hydrogen-bond acceptors (Lipinski definition) is 6. The van der Waals surface area contributed by atoms with Gasteiger partial charge in [-0.3, -0.25) is 0 Å². The molecule has 160 valence electrons. The first-order valence-corrected chi connectivity index (χ1v) is 11.7. The fourth-order valence-corrected chi connectivity index (χ4v) is 4.92. The fraction of sp³-hybridized carbons (Fsp3) is 0.0870. The number of para-hydroxylation sites is 1. The van der Waals surface area contributed by atoms with Gasteiger partial charge in [-0.2, -0.15) is 4.52 Å². The highest BCUT2D eigenvalue weighted by Gasteiger charge is 2.27. The van der Waals surface area contributed by atoms with E-state index in [1.165, 1.54) is 4.52 Å². The van der Waals surface area contributed by atoms with Crippen LogP contribution >= 0.6 is 11.6 Å². The molecule has 0 fully saturated rings. The molecule has 1 N–H and O–H groups in total. The zero-order valence-corrected chi connectivity index (χ0v) is 18.8. The number of benzene rings is 3. The zero-order chi connectivity index (χ0) is 22.5. The summed E-state index contributed by atoms with van der Waals surface area (Å²) in [5.41, 5.74) is 3.49. The lowest BCUT2D eigenvalue weighted by Gasteiger charge is -2.11. The Morgan fingerprint density at radius 2 is 1.69 bits per heavy atom. The molecule has 3 aromatic carbocycles. The molecule has 0 radical (unpaired) electrons. The first kappa shape index (κ1) is 20.4. The third-order valence-corrected chi connectivity index (χ3v) is 7.27. The quantitative estimate of drug-likeness (QED) is 0.397. The summed E-state index contributed by atoms with van der Waals surface area (Å²) in [5.74, 6) is 0.495. The zero-order valence-electron chi connectivity index (χ0n) is 17.2. The van der Waals surface area contributed by atoms with Crippen molar-refractivity contribution in [3.05, 3.63) is 82.9 Å². The highest BCUT2D eigenvalue weighted by atomic mass is 35.5. The van der Waals surface area contributed by atoms with Crippen molar-refractivity contribution >= 4 is 49.5 Å². The van der Waals surface area contributed by atoms with E-state index in [0.29, 0.717) is 16.4 Å². The number of fused-ring (bicyclic) bond motifs is 3. The Morgan fingerprint density at radius 3 is 2.44 bits per heavy atom. The van der Waals surface area contributed by atoms with Crippen LogP contribution in [-0.2, 0) is 9.84 Å². The van der Waals surface area contributed by atoms with E-state index < -0.39 is 9.84 Å². The van der Waals surface area contributed by atoms with Crippen LogP contribution in [0.5, 0.6) is 0 Å². The second-order valence-electron chi connectivity index (χ2n) is 7.49. The maximum Gasteiger partial charge on any atom is 0.229 e. The van der Waals surface area contributed by atoms with E-state index >= 15 is 0 Å². The molecule has 9 heteroatoms. The highest BCUT2D eigenvalue weighted by Crippen LogP contribution is 2.30. The minimum absolute atomic E-state index is 0.151. The van der Waals surface area contributed by atoms with Gasteiger partial charge in [0.1, 0.15) is 5.82 Å². The van der Waals surface area contributed by atoms with E-state index in [-0.39, 0.29) is 15.6 Å². The second kappa shape index (κ2) is 7.58. The van der Waals surface area contributed by atoms with Crippen LogP contribution in [-0.4, -0.2) is 28.2 Å². The molecule has 0 aliphatic heterocycles. The maximum atomic E-state index is 13.4. The average Bonchev–Trinajstić information content (AvgIpc) is 3.22. The number of halogens is 1. The van der Waals surface area contributed by atoms with Gasteiger partial charge in [-0.1, -0.05) is 35.0 Å². The molecule has 7 nitrogen and oxygen atoms in total. The molecule has 0 aliphatic rings. The summed E-state index contributed by atoms with van der Waals surface area (Å²) >= 11 is 5.99. The molecule has 0 atom stereocenters. The van der Waals surface area contributed by atoms with E-state index in [9.17, 15) is 8.42 Å². The van der Waals surface area contributed by atoms with Crippen molar-refractivity contribution < 1.29 is 8.42 Å². The van der Waals surface area contributed by atoms with Crippen LogP contribution in [0.1, 0.15) is 11.1 Å². The van der Waals surface area contributed by atoms with Gasteiger partial charge in [0.2, 0.25) is 14.9 Å². The van der Waals surface area contributed by atoms with Crippen LogP contribution in [0.25, 0.3) is 16.6 Å². The van der Waals surface area contributed by atoms with Crippen LogP contribution in [0.2, 0.25) is 5.02 Å². The summed E-state index contributed by atoms with van der Waals surface area (Å²) in [6.45, 7) is 3.81. The third kappa shape index (κ3) is 3.37. The summed E-state index contributed by atoms with van der Waals surface area (Å²) in [6, 6.07) is 19.7. The standard InChI is InChI=1S/C23H18ClN5O2S/c1-14-7-12-18(13-15(14)2)32(30,31)23-22-26-21(25-17-10-8-16(24)9-11-17)19-5-3-4-6-20(19)29(22)28-27-23/h3-13H,1-2H3,(H,25,26). The normalized spacial score (nSPS) is 11.8. The maximum absolute atomic E-state index is 13.4. The monoisotopic (exact) mass is 463 g/mol. The number of aromatic nitrogens is 4. The molecular formula is C23H18ClN5O2S. The van der Waals surface area contributed by atoms with Gasteiger partial charge in [-0.25, -0.2) is 13.4 Å². The van der Waals surface area contributed by atoms with Crippen molar-refractivity contribution in [3.63, 3.8) is 0 Å². The lowest BCUT2D eigenvalue weighted by Crippen LogP contribution is -2.06. The Hall–Kier alpha value is -3.49. The highest BCUT2D eigenvalue weighted by molar-refractivity contribution is 7.91. The Bertz CT molecular complexity index is 1590. The number of anilines is 2. The number of sulfone groups is 1. The summed E-state index contributed by atoms with van der Waals surface area (Å²) in [6.07, 6.45) is 0. The van der Waals surface area contributed by atoms with Gasteiger partial charge < -0.3 is 5.32 Å². The molecule has 0 spiro atoms. The Morgan fingerprint density at radius 1 is 0.938 bits per heavy atom. The molecule has 0 saturated carbocycles. The van der Waals surface area contributed by atoms with Crippen molar-refractivity contribution in [2.75, 3.05) is 5.32 Å². The minimum atomic E-state index is -3.93. The Kier molecular flexibility index (Phi) is 4.83. The SMILES string of the molecule is Cc1ccc(S(=O)(=O)c2nnn3c2nc(Nc2ccc(Cl)cc2)c2ccccc23)cc1C. The molecule has 0 aliphatic carbocycles. The number of aryl methyl sites for hydroxylation is 2. The van der Waals surface area contributed by atoms with Crippen molar-refractivity contribution in [3.8, 4) is 0 Å². The fourth-order valence-electron chi connectivity index (χ4n) is 3.48. The van der Waals surface area contributed by atoms with E-state index in [1.807, 2.05) is 50.2 Å². The summed E-state index contributed by atoms with van der Waals surface area (Å²) < 4.78 is 28.3. The summed E-state index contributed by atoms with van der Waals surface area (Å²) in [5, 5.41) is 12.6. The van der Waals surface area contributed by atoms with E-state index in [0.717, 1.165) is 22.2 Å². The van der Waals surface area contributed by atoms with Gasteiger partial charge >= 0.3 is 0 Å². The van der Waals surface area contributed by atoms with E-state index in [2.05, 4.69) is 20.6 Å². The molecule has 5 aromatic rings. The van der Waals surface area contributed by atoms with Crippen LogP contribution in [0.3, 0.4) is 0 Å². The molecule has 5 rings (SSSR count).